The number of halogens is 1. The highest BCUT2D eigenvalue weighted by Crippen LogP contribution is 2.23. The Balaban J connectivity index is 1.75. The number of carbonyl (C=O) groups is 2. The molecule has 1 unspecified atom stereocenters. The van der Waals surface area contributed by atoms with E-state index in [2.05, 4.69) is 10.6 Å². The Bertz CT molecular complexity index is 792. The smallest absolute Gasteiger partial charge is 0.255 e. The average molecular weight is 372 g/mol. The molecular weight excluding hydrogens is 350 g/mol. The first-order valence-corrected chi connectivity index (χ1v) is 9.06. The third kappa shape index (κ3) is 4.23. The zero-order valence-electron chi connectivity index (χ0n) is 14.7. The number of nitrogens with one attached hydrogen (secondary N) is 2. The van der Waals surface area contributed by atoms with Crippen LogP contribution in [0.1, 0.15) is 27.1 Å². The standard InChI is InChI=1S/C20H22ClN3O2/c1-22-12-14-10-11-24(13-14)20(26)17-4-2-3-5-18(17)23-19(25)15-6-8-16(21)9-7-15/h2-9,14,22H,10-13H2,1H3,(H,23,25). The van der Waals surface area contributed by atoms with Gasteiger partial charge in [-0.1, -0.05) is 23.7 Å². The Labute approximate surface area is 158 Å². The number of anilines is 1. The van der Waals surface area contributed by atoms with Crippen molar-refractivity contribution in [2.75, 3.05) is 32.0 Å². The van der Waals surface area contributed by atoms with E-state index in [-0.39, 0.29) is 11.8 Å². The van der Waals surface area contributed by atoms with Gasteiger partial charge in [-0.2, -0.15) is 0 Å². The summed E-state index contributed by atoms with van der Waals surface area (Å²) < 4.78 is 0. The number of amides is 2. The van der Waals surface area contributed by atoms with Crippen LogP contribution in [0.5, 0.6) is 0 Å². The van der Waals surface area contributed by atoms with Gasteiger partial charge in [-0.15, -0.1) is 0 Å². The lowest BCUT2D eigenvalue weighted by atomic mass is 10.1. The molecule has 3 rings (SSSR count). The third-order valence-electron chi connectivity index (χ3n) is 4.58. The number of hydrogen-bond acceptors (Lipinski definition) is 3. The highest BCUT2D eigenvalue weighted by Gasteiger charge is 2.27. The molecule has 1 aliphatic heterocycles. The van der Waals surface area contributed by atoms with Crippen LogP contribution in [0.15, 0.2) is 48.5 Å². The molecule has 2 N–H and O–H groups in total. The second kappa shape index (κ2) is 8.34. The number of likely N-dealkylation sites (tertiary alicyclic amines) is 1. The molecule has 2 aromatic carbocycles. The quantitative estimate of drug-likeness (QED) is 0.847. The highest BCUT2D eigenvalue weighted by atomic mass is 35.5. The Hall–Kier alpha value is -2.37. The van der Waals surface area contributed by atoms with Gasteiger partial charge in [-0.05, 0) is 62.3 Å². The fourth-order valence-corrected chi connectivity index (χ4v) is 3.34. The van der Waals surface area contributed by atoms with E-state index in [0.717, 1.165) is 26.1 Å². The molecule has 1 atom stereocenters. The van der Waals surface area contributed by atoms with Crippen molar-refractivity contribution in [3.63, 3.8) is 0 Å². The van der Waals surface area contributed by atoms with Gasteiger partial charge >= 0.3 is 0 Å². The fourth-order valence-electron chi connectivity index (χ4n) is 3.22. The summed E-state index contributed by atoms with van der Waals surface area (Å²) >= 11 is 5.86. The van der Waals surface area contributed by atoms with Crippen LogP contribution in [-0.2, 0) is 0 Å². The SMILES string of the molecule is CNCC1CCN(C(=O)c2ccccc2NC(=O)c2ccc(Cl)cc2)C1. The van der Waals surface area contributed by atoms with E-state index in [1.165, 1.54) is 0 Å². The van der Waals surface area contributed by atoms with Gasteiger partial charge in [0.15, 0.2) is 0 Å². The van der Waals surface area contributed by atoms with E-state index in [0.29, 0.717) is 27.8 Å². The van der Waals surface area contributed by atoms with Crippen molar-refractivity contribution in [1.29, 1.82) is 0 Å². The zero-order chi connectivity index (χ0) is 18.5. The molecule has 0 saturated carbocycles. The highest BCUT2D eigenvalue weighted by molar-refractivity contribution is 6.30. The number of hydrogen-bond donors (Lipinski definition) is 2. The maximum atomic E-state index is 12.9. The van der Waals surface area contributed by atoms with Crippen LogP contribution < -0.4 is 10.6 Å². The average Bonchev–Trinajstić information content (AvgIpc) is 3.11. The summed E-state index contributed by atoms with van der Waals surface area (Å²) in [4.78, 5) is 27.2. The summed E-state index contributed by atoms with van der Waals surface area (Å²) in [6.45, 7) is 2.38. The normalized spacial score (nSPS) is 16.5. The summed E-state index contributed by atoms with van der Waals surface area (Å²) in [5.74, 6) is 0.159. The van der Waals surface area contributed by atoms with E-state index in [1.807, 2.05) is 24.1 Å². The topological polar surface area (TPSA) is 61.4 Å². The molecule has 2 aromatic rings. The summed E-state index contributed by atoms with van der Waals surface area (Å²) in [7, 11) is 1.92. The van der Waals surface area contributed by atoms with Crippen molar-refractivity contribution in [1.82, 2.24) is 10.2 Å². The maximum absolute atomic E-state index is 12.9. The Morgan fingerprint density at radius 3 is 2.62 bits per heavy atom. The number of rotatable bonds is 5. The van der Waals surface area contributed by atoms with E-state index in [9.17, 15) is 9.59 Å². The maximum Gasteiger partial charge on any atom is 0.255 e. The van der Waals surface area contributed by atoms with Crippen LogP contribution >= 0.6 is 11.6 Å². The summed E-state index contributed by atoms with van der Waals surface area (Å²) in [6, 6.07) is 13.8. The van der Waals surface area contributed by atoms with Gasteiger partial charge in [0.2, 0.25) is 0 Å². The van der Waals surface area contributed by atoms with Crippen LogP contribution in [0, 0.1) is 5.92 Å². The molecule has 1 heterocycles. The number of carbonyl (C=O) groups excluding carboxylic acids is 2. The largest absolute Gasteiger partial charge is 0.338 e. The van der Waals surface area contributed by atoms with Gasteiger partial charge in [0.1, 0.15) is 0 Å². The predicted molar refractivity (Wildman–Crippen MR) is 104 cm³/mol. The first kappa shape index (κ1) is 18.4. The zero-order valence-corrected chi connectivity index (χ0v) is 15.4. The molecule has 0 radical (unpaired) electrons. The first-order chi connectivity index (χ1) is 12.6. The van der Waals surface area contributed by atoms with Gasteiger partial charge < -0.3 is 15.5 Å². The van der Waals surface area contributed by atoms with Crippen molar-refractivity contribution in [2.45, 2.75) is 6.42 Å². The molecule has 0 aliphatic carbocycles. The van der Waals surface area contributed by atoms with Gasteiger partial charge in [0.25, 0.3) is 11.8 Å². The Morgan fingerprint density at radius 2 is 1.88 bits per heavy atom. The minimum absolute atomic E-state index is 0.0457. The summed E-state index contributed by atoms with van der Waals surface area (Å²) in [6.07, 6.45) is 0.992. The molecule has 0 bridgehead atoms. The second-order valence-corrected chi connectivity index (χ2v) is 6.91. The lowest BCUT2D eigenvalue weighted by Crippen LogP contribution is -2.31. The Morgan fingerprint density at radius 1 is 1.15 bits per heavy atom. The summed E-state index contributed by atoms with van der Waals surface area (Å²) in [5.41, 5.74) is 1.53. The molecule has 5 nitrogen and oxygen atoms in total. The molecule has 26 heavy (non-hydrogen) atoms. The van der Waals surface area contributed by atoms with E-state index in [4.69, 9.17) is 11.6 Å². The van der Waals surface area contributed by atoms with Crippen LogP contribution in [0.3, 0.4) is 0 Å². The van der Waals surface area contributed by atoms with Crippen molar-refractivity contribution in [2.24, 2.45) is 5.92 Å². The van der Waals surface area contributed by atoms with Crippen molar-refractivity contribution < 1.29 is 9.59 Å². The van der Waals surface area contributed by atoms with Crippen LogP contribution in [0.2, 0.25) is 5.02 Å². The molecule has 1 aliphatic rings. The number of nitrogens with zero attached hydrogens (tertiary/aromatic N) is 1. The molecular formula is C20H22ClN3O2. The lowest BCUT2D eigenvalue weighted by Gasteiger charge is -2.19. The number of benzene rings is 2. The van der Waals surface area contributed by atoms with Crippen molar-refractivity contribution in [3.05, 3.63) is 64.7 Å². The lowest BCUT2D eigenvalue weighted by molar-refractivity contribution is 0.0788. The molecule has 136 valence electrons. The second-order valence-electron chi connectivity index (χ2n) is 6.47. The van der Waals surface area contributed by atoms with Crippen LogP contribution in [0.25, 0.3) is 0 Å². The minimum atomic E-state index is -0.267. The minimum Gasteiger partial charge on any atom is -0.338 e. The van der Waals surface area contributed by atoms with Gasteiger partial charge in [-0.25, -0.2) is 0 Å². The molecule has 0 aromatic heterocycles. The van der Waals surface area contributed by atoms with Crippen LogP contribution in [-0.4, -0.2) is 43.4 Å². The molecule has 6 heteroatoms. The monoisotopic (exact) mass is 371 g/mol. The molecule has 1 fully saturated rings. The van der Waals surface area contributed by atoms with E-state index < -0.39 is 0 Å². The van der Waals surface area contributed by atoms with Gasteiger partial charge in [0.05, 0.1) is 11.3 Å². The van der Waals surface area contributed by atoms with Crippen LogP contribution in [0.4, 0.5) is 5.69 Å². The molecule has 0 spiro atoms. The van der Waals surface area contributed by atoms with Gasteiger partial charge in [-0.3, -0.25) is 9.59 Å². The first-order valence-electron chi connectivity index (χ1n) is 8.68. The fraction of sp³-hybridized carbons (Fsp3) is 0.300. The van der Waals surface area contributed by atoms with Gasteiger partial charge in [0, 0.05) is 23.7 Å². The van der Waals surface area contributed by atoms with Crippen molar-refractivity contribution >= 4 is 29.1 Å². The molecule has 1 saturated heterocycles. The Kier molecular flexibility index (Phi) is 5.91. The van der Waals surface area contributed by atoms with Crippen molar-refractivity contribution in [3.8, 4) is 0 Å². The molecule has 2 amide bonds. The summed E-state index contributed by atoms with van der Waals surface area (Å²) in [5, 5.41) is 6.58. The van der Waals surface area contributed by atoms with E-state index in [1.54, 1.807) is 36.4 Å². The third-order valence-corrected chi connectivity index (χ3v) is 4.83. The number of para-hydroxylation sites is 1. The predicted octanol–water partition coefficient (Wildman–Crippen LogP) is 3.27. The van der Waals surface area contributed by atoms with E-state index >= 15 is 0 Å².